The molecule has 11 nitrogen and oxygen atoms in total. The van der Waals surface area contributed by atoms with Gasteiger partial charge in [0.1, 0.15) is 29.8 Å². The van der Waals surface area contributed by atoms with Gasteiger partial charge in [-0.05, 0) is 43.3 Å². The van der Waals surface area contributed by atoms with Crippen molar-refractivity contribution in [2.24, 2.45) is 0 Å². The zero-order valence-electron chi connectivity index (χ0n) is 22.5. The van der Waals surface area contributed by atoms with Crippen LogP contribution in [0.5, 0.6) is 11.5 Å². The van der Waals surface area contributed by atoms with Crippen molar-refractivity contribution in [2.75, 3.05) is 56.7 Å². The van der Waals surface area contributed by atoms with Crippen LogP contribution in [0.15, 0.2) is 48.7 Å². The van der Waals surface area contributed by atoms with Gasteiger partial charge in [0.15, 0.2) is 0 Å². The normalized spacial score (nSPS) is 17.7. The zero-order valence-corrected chi connectivity index (χ0v) is 22.5. The monoisotopic (exact) mass is 544 g/mol. The lowest BCUT2D eigenvalue weighted by Gasteiger charge is -2.30. The molecule has 2 fully saturated rings. The molecule has 5 rings (SSSR count). The third-order valence-corrected chi connectivity index (χ3v) is 6.95. The van der Waals surface area contributed by atoms with Gasteiger partial charge >= 0.3 is 0 Å². The van der Waals surface area contributed by atoms with Gasteiger partial charge in [-0.25, -0.2) is 9.97 Å². The van der Waals surface area contributed by atoms with Crippen LogP contribution in [0.1, 0.15) is 18.9 Å². The number of nitrogens with one attached hydrogen (secondary N) is 1. The first-order valence-corrected chi connectivity index (χ1v) is 13.2. The van der Waals surface area contributed by atoms with Crippen LogP contribution in [0.2, 0.25) is 0 Å². The molecule has 208 valence electrons. The first-order valence-electron chi connectivity index (χ1n) is 13.2. The Kier molecular flexibility index (Phi) is 8.28. The average molecular weight is 545 g/mol. The second-order valence-corrected chi connectivity index (χ2v) is 9.69. The number of carbonyl (C=O) groups excluding carboxylic acids is 1. The second kappa shape index (κ2) is 12.2. The Morgan fingerprint density at radius 3 is 2.75 bits per heavy atom. The van der Waals surface area contributed by atoms with E-state index in [0.717, 1.165) is 35.8 Å². The molecule has 2 aliphatic heterocycles. The lowest BCUT2D eigenvalue weighted by molar-refractivity contribution is -0.138. The Hall–Kier alpha value is -4.40. The lowest BCUT2D eigenvalue weighted by Crippen LogP contribution is -2.37. The highest BCUT2D eigenvalue weighted by atomic mass is 16.5. The van der Waals surface area contributed by atoms with Crippen molar-refractivity contribution in [1.82, 2.24) is 14.9 Å². The molecule has 3 aromatic rings. The number of morpholine rings is 1. The standard InChI is InChI=1S/C29H32N6O5/c1-19(36)28(37)35-10-8-23(18-35)40-26-6-3-20(15-21(26)17-30)24-7-9-31-29(33-24)32-22-4-5-25(27(16-22)38-2)34-11-13-39-14-12-34/h3-7,9,15-16,19,23,36H,8,10-14,18H2,1-2H3,(H,31,32,33)/t19-,23?/m0/s1. The molecule has 0 saturated carbocycles. The highest BCUT2D eigenvalue weighted by molar-refractivity contribution is 5.80. The largest absolute Gasteiger partial charge is 0.495 e. The summed E-state index contributed by atoms with van der Waals surface area (Å²) < 4.78 is 17.2. The molecule has 2 aromatic carbocycles. The van der Waals surface area contributed by atoms with Crippen LogP contribution < -0.4 is 19.7 Å². The minimum Gasteiger partial charge on any atom is -0.495 e. The van der Waals surface area contributed by atoms with Gasteiger partial charge in [0, 0.05) is 49.6 Å². The van der Waals surface area contributed by atoms with E-state index in [4.69, 9.17) is 14.2 Å². The number of methoxy groups -OCH3 is 1. The molecular weight excluding hydrogens is 512 g/mol. The van der Waals surface area contributed by atoms with Gasteiger partial charge in [-0.3, -0.25) is 4.79 Å². The van der Waals surface area contributed by atoms with Crippen LogP contribution in [-0.2, 0) is 9.53 Å². The quantitative estimate of drug-likeness (QED) is 0.436. The number of nitrogens with zero attached hydrogens (tertiary/aromatic N) is 5. The van der Waals surface area contributed by atoms with E-state index in [-0.39, 0.29) is 12.0 Å². The predicted molar refractivity (Wildman–Crippen MR) is 149 cm³/mol. The maximum absolute atomic E-state index is 12.1. The topological polar surface area (TPSA) is 133 Å². The van der Waals surface area contributed by atoms with Crippen LogP contribution in [0.4, 0.5) is 17.3 Å². The molecular formula is C29H32N6O5. The SMILES string of the molecule is COc1cc(Nc2nccc(-c3ccc(OC4CCN(C(=O)[C@H](C)O)C4)c(C#N)c3)n2)ccc1N1CCOCC1. The molecule has 0 spiro atoms. The molecule has 0 radical (unpaired) electrons. The number of aromatic nitrogens is 2. The molecule has 1 amide bonds. The fourth-order valence-electron chi connectivity index (χ4n) is 4.88. The average Bonchev–Trinajstić information content (AvgIpc) is 3.45. The van der Waals surface area contributed by atoms with E-state index in [0.29, 0.717) is 55.7 Å². The van der Waals surface area contributed by atoms with E-state index < -0.39 is 6.10 Å². The summed E-state index contributed by atoms with van der Waals surface area (Å²) >= 11 is 0. The summed E-state index contributed by atoms with van der Waals surface area (Å²) in [6.07, 6.45) is 0.996. The summed E-state index contributed by atoms with van der Waals surface area (Å²) in [6, 6.07) is 15.2. The highest BCUT2D eigenvalue weighted by Gasteiger charge is 2.30. The van der Waals surface area contributed by atoms with Gasteiger partial charge < -0.3 is 34.4 Å². The van der Waals surface area contributed by atoms with Gasteiger partial charge in [0.25, 0.3) is 5.91 Å². The molecule has 2 saturated heterocycles. The summed E-state index contributed by atoms with van der Waals surface area (Å²) in [5.41, 5.74) is 3.55. The highest BCUT2D eigenvalue weighted by Crippen LogP contribution is 2.33. The van der Waals surface area contributed by atoms with E-state index in [9.17, 15) is 15.2 Å². The number of hydrogen-bond donors (Lipinski definition) is 2. The number of anilines is 3. The third kappa shape index (κ3) is 6.09. The molecule has 3 heterocycles. The van der Waals surface area contributed by atoms with E-state index in [1.54, 1.807) is 36.4 Å². The third-order valence-electron chi connectivity index (χ3n) is 6.95. The molecule has 2 atom stereocenters. The molecule has 0 aliphatic carbocycles. The Labute approximate surface area is 232 Å². The number of amides is 1. The zero-order chi connectivity index (χ0) is 28.1. The minimum atomic E-state index is -1.04. The number of hydrogen-bond acceptors (Lipinski definition) is 10. The maximum atomic E-state index is 12.1. The Balaban J connectivity index is 1.29. The summed E-state index contributed by atoms with van der Waals surface area (Å²) in [5, 5.41) is 22.6. The number of rotatable bonds is 8. The Morgan fingerprint density at radius 2 is 2.00 bits per heavy atom. The van der Waals surface area contributed by atoms with Crippen molar-refractivity contribution in [3.8, 4) is 28.8 Å². The summed E-state index contributed by atoms with van der Waals surface area (Å²) in [4.78, 5) is 24.9. The van der Waals surface area contributed by atoms with Gasteiger partial charge in [-0.15, -0.1) is 0 Å². The van der Waals surface area contributed by atoms with Gasteiger partial charge in [-0.1, -0.05) is 0 Å². The van der Waals surface area contributed by atoms with E-state index in [1.807, 2.05) is 24.3 Å². The van der Waals surface area contributed by atoms with Crippen molar-refractivity contribution in [3.05, 3.63) is 54.2 Å². The van der Waals surface area contributed by atoms with Crippen molar-refractivity contribution in [3.63, 3.8) is 0 Å². The number of benzene rings is 2. The van der Waals surface area contributed by atoms with E-state index in [1.165, 1.54) is 6.92 Å². The molecule has 40 heavy (non-hydrogen) atoms. The lowest BCUT2D eigenvalue weighted by atomic mass is 10.1. The first kappa shape index (κ1) is 27.2. The maximum Gasteiger partial charge on any atom is 0.251 e. The van der Waals surface area contributed by atoms with Crippen molar-refractivity contribution < 1.29 is 24.1 Å². The van der Waals surface area contributed by atoms with E-state index >= 15 is 0 Å². The summed E-state index contributed by atoms with van der Waals surface area (Å²) in [5.74, 6) is 1.29. The van der Waals surface area contributed by atoms with Crippen molar-refractivity contribution >= 4 is 23.2 Å². The number of aliphatic hydroxyl groups is 1. The van der Waals surface area contributed by atoms with Crippen LogP contribution in [0, 0.1) is 11.3 Å². The molecule has 2 N–H and O–H groups in total. The molecule has 2 aliphatic rings. The first-order chi connectivity index (χ1) is 19.4. The predicted octanol–water partition coefficient (Wildman–Crippen LogP) is 2.96. The van der Waals surface area contributed by atoms with Crippen LogP contribution >= 0.6 is 0 Å². The van der Waals surface area contributed by atoms with Gasteiger partial charge in [0.2, 0.25) is 5.95 Å². The van der Waals surface area contributed by atoms with Crippen LogP contribution in [-0.4, -0.2) is 84.6 Å². The molecule has 1 unspecified atom stereocenters. The Morgan fingerprint density at radius 1 is 1.18 bits per heavy atom. The van der Waals surface area contributed by atoms with Crippen LogP contribution in [0.25, 0.3) is 11.3 Å². The number of ether oxygens (including phenoxy) is 3. The van der Waals surface area contributed by atoms with Gasteiger partial charge in [0.05, 0.1) is 43.8 Å². The van der Waals surface area contributed by atoms with Crippen LogP contribution in [0.3, 0.4) is 0 Å². The fraction of sp³-hybridized carbons (Fsp3) is 0.379. The van der Waals surface area contributed by atoms with Crippen molar-refractivity contribution in [2.45, 2.75) is 25.6 Å². The molecule has 0 bridgehead atoms. The van der Waals surface area contributed by atoms with E-state index in [2.05, 4.69) is 26.3 Å². The second-order valence-electron chi connectivity index (χ2n) is 9.69. The Bertz CT molecular complexity index is 1400. The number of likely N-dealkylation sites (tertiary alicyclic amines) is 1. The number of aliphatic hydroxyl groups excluding tert-OH is 1. The summed E-state index contributed by atoms with van der Waals surface area (Å²) in [6.45, 7) is 5.33. The smallest absolute Gasteiger partial charge is 0.251 e. The summed E-state index contributed by atoms with van der Waals surface area (Å²) in [7, 11) is 1.65. The fourth-order valence-corrected chi connectivity index (χ4v) is 4.88. The minimum absolute atomic E-state index is 0.248. The van der Waals surface area contributed by atoms with Crippen molar-refractivity contribution in [1.29, 1.82) is 5.26 Å². The molecule has 11 heteroatoms. The number of carbonyl (C=O) groups is 1. The number of nitriles is 1. The van der Waals surface area contributed by atoms with Gasteiger partial charge in [-0.2, -0.15) is 5.26 Å². The molecule has 1 aromatic heterocycles.